The van der Waals surface area contributed by atoms with Crippen molar-refractivity contribution in [2.45, 2.75) is 18.9 Å². The topological polar surface area (TPSA) is 50.4 Å². The van der Waals surface area contributed by atoms with E-state index in [4.69, 9.17) is 0 Å². The number of rotatable bonds is 1. The van der Waals surface area contributed by atoms with E-state index >= 15 is 0 Å². The minimum Gasteiger partial charge on any atom is -0.508 e. The van der Waals surface area contributed by atoms with E-state index < -0.39 is 0 Å². The molecule has 3 aliphatic heterocycles. The lowest BCUT2D eigenvalue weighted by molar-refractivity contribution is 0.0556. The van der Waals surface area contributed by atoms with Gasteiger partial charge >= 0.3 is 0 Å². The summed E-state index contributed by atoms with van der Waals surface area (Å²) in [6, 6.07) is 7.58. The van der Waals surface area contributed by atoms with Crippen LogP contribution in [0.5, 0.6) is 5.75 Å². The van der Waals surface area contributed by atoms with Gasteiger partial charge in [-0.1, -0.05) is 0 Å². The van der Waals surface area contributed by atoms with Crippen molar-refractivity contribution in [1.29, 1.82) is 0 Å². The molecular weight excluding hydrogens is 338 g/mol. The molecule has 6 heteroatoms. The highest BCUT2D eigenvalue weighted by molar-refractivity contribution is 6.07. The molecule has 2 bridgehead atoms. The normalized spacial score (nSPS) is 25.4. The summed E-state index contributed by atoms with van der Waals surface area (Å²) in [5, 5.41) is 11.4. The van der Waals surface area contributed by atoms with E-state index in [0.717, 1.165) is 28.4 Å². The molecule has 0 unspecified atom stereocenters. The number of aromatic nitrogens is 2. The number of phenols is 1. The molecule has 3 saturated heterocycles. The Kier molecular flexibility index (Phi) is 3.81. The molecule has 1 atom stereocenters. The predicted octanol–water partition coefficient (Wildman–Crippen LogP) is 2.89. The maximum absolute atomic E-state index is 13.3. The van der Waals surface area contributed by atoms with Crippen LogP contribution < -0.4 is 5.56 Å². The number of piperidine rings is 3. The Morgan fingerprint density at radius 3 is 2.56 bits per heavy atom. The largest absolute Gasteiger partial charge is 0.508 e. The number of aryl methyl sites for hydroxylation is 1. The van der Waals surface area contributed by atoms with Crippen molar-refractivity contribution >= 4 is 34.2 Å². The van der Waals surface area contributed by atoms with Crippen LogP contribution in [0.15, 0.2) is 35.3 Å². The highest BCUT2D eigenvalue weighted by Gasteiger charge is 2.35. The summed E-state index contributed by atoms with van der Waals surface area (Å²) in [6.45, 7) is 3.31. The molecule has 6 rings (SSSR count). The molecule has 3 aliphatic rings. The van der Waals surface area contributed by atoms with Crippen molar-refractivity contribution in [3.8, 4) is 5.75 Å². The average molecular weight is 360 g/mol. The van der Waals surface area contributed by atoms with Crippen LogP contribution in [0.1, 0.15) is 18.9 Å². The van der Waals surface area contributed by atoms with Gasteiger partial charge < -0.3 is 19.1 Å². The zero-order valence-corrected chi connectivity index (χ0v) is 15.0. The molecule has 132 valence electrons. The fourth-order valence-corrected chi connectivity index (χ4v) is 4.73. The van der Waals surface area contributed by atoms with Crippen molar-refractivity contribution in [2.75, 3.05) is 19.6 Å². The first kappa shape index (κ1) is 16.5. The van der Waals surface area contributed by atoms with Gasteiger partial charge in [0.2, 0.25) is 0 Å². The molecule has 1 N–H and O–H groups in total. The number of hydrogen-bond acceptors (Lipinski definition) is 3. The van der Waals surface area contributed by atoms with Gasteiger partial charge in [-0.05, 0) is 56.1 Å². The molecule has 0 radical (unpaired) electrons. The summed E-state index contributed by atoms with van der Waals surface area (Å²) in [7, 11) is 1.97. The summed E-state index contributed by atoms with van der Waals surface area (Å²) in [4.78, 5) is 15.8. The van der Waals surface area contributed by atoms with E-state index in [9.17, 15) is 9.90 Å². The number of benzene rings is 1. The molecule has 3 aromatic rings. The third kappa shape index (κ3) is 2.29. The monoisotopic (exact) mass is 359 g/mol. The molecule has 25 heavy (non-hydrogen) atoms. The minimum absolute atomic E-state index is 0. The lowest BCUT2D eigenvalue weighted by atomic mass is 9.84. The third-order valence-electron chi connectivity index (χ3n) is 6.05. The third-order valence-corrected chi connectivity index (χ3v) is 6.05. The zero-order valence-electron chi connectivity index (χ0n) is 14.2. The van der Waals surface area contributed by atoms with Gasteiger partial charge in [0, 0.05) is 30.7 Å². The second-order valence-corrected chi connectivity index (χ2v) is 7.25. The number of aromatic hydroxyl groups is 1. The molecule has 0 saturated carbocycles. The maximum atomic E-state index is 13.3. The van der Waals surface area contributed by atoms with Crippen molar-refractivity contribution in [2.24, 2.45) is 13.0 Å². The van der Waals surface area contributed by atoms with E-state index in [0.29, 0.717) is 5.92 Å². The van der Waals surface area contributed by atoms with Crippen LogP contribution in [-0.4, -0.2) is 38.8 Å². The summed E-state index contributed by atoms with van der Waals surface area (Å²) < 4.78 is 3.98. The SMILES string of the molecule is Cl.Cn1c2ccc(O)cc2c2c(=O)n([C@H]3CN4CCC3CC4)ccc21. The Morgan fingerprint density at radius 2 is 1.88 bits per heavy atom. The van der Waals surface area contributed by atoms with Crippen LogP contribution >= 0.6 is 12.4 Å². The Bertz CT molecular complexity index is 1010. The molecule has 0 aliphatic carbocycles. The van der Waals surface area contributed by atoms with Crippen molar-refractivity contribution < 1.29 is 5.11 Å². The van der Waals surface area contributed by atoms with Gasteiger partial charge in [-0.2, -0.15) is 0 Å². The number of nitrogens with zero attached hydrogens (tertiary/aromatic N) is 3. The van der Waals surface area contributed by atoms with Crippen LogP contribution in [0.4, 0.5) is 0 Å². The number of fused-ring (bicyclic) bond motifs is 6. The standard InChI is InChI=1S/C19H21N3O2.ClH/c1-20-15-3-2-13(23)10-14(15)18-16(20)6-9-22(19(18)24)17-11-21-7-4-12(17)5-8-21;/h2-3,6,9-10,12,17,23H,4-5,7-8,11H2,1H3;1H/t17-;/m0./s1. The first-order valence-corrected chi connectivity index (χ1v) is 8.68. The molecule has 5 nitrogen and oxygen atoms in total. The zero-order chi connectivity index (χ0) is 16.4. The molecule has 2 aromatic heterocycles. The molecule has 3 fully saturated rings. The van der Waals surface area contributed by atoms with E-state index in [-0.39, 0.29) is 29.8 Å². The fraction of sp³-hybridized carbons (Fsp3) is 0.421. The summed E-state index contributed by atoms with van der Waals surface area (Å²) in [6.07, 6.45) is 4.34. The van der Waals surface area contributed by atoms with Gasteiger partial charge in [0.15, 0.2) is 0 Å². The van der Waals surface area contributed by atoms with E-state index in [1.54, 1.807) is 12.1 Å². The van der Waals surface area contributed by atoms with Gasteiger partial charge in [-0.25, -0.2) is 0 Å². The van der Waals surface area contributed by atoms with Gasteiger partial charge in [-0.3, -0.25) is 4.79 Å². The first-order valence-electron chi connectivity index (χ1n) is 8.68. The number of pyridine rings is 1. The van der Waals surface area contributed by atoms with Crippen molar-refractivity contribution in [3.05, 3.63) is 40.8 Å². The van der Waals surface area contributed by atoms with Crippen molar-refractivity contribution in [3.63, 3.8) is 0 Å². The quantitative estimate of drug-likeness (QED) is 0.726. The smallest absolute Gasteiger partial charge is 0.260 e. The first-order chi connectivity index (χ1) is 11.6. The van der Waals surface area contributed by atoms with Gasteiger partial charge in [0.05, 0.1) is 16.9 Å². The summed E-state index contributed by atoms with van der Waals surface area (Å²) >= 11 is 0. The fourth-order valence-electron chi connectivity index (χ4n) is 4.73. The molecule has 0 amide bonds. The molecule has 0 spiro atoms. The second kappa shape index (κ2) is 5.78. The number of halogens is 1. The predicted molar refractivity (Wildman–Crippen MR) is 102 cm³/mol. The Labute approximate surface area is 151 Å². The Balaban J connectivity index is 0.00000157. The van der Waals surface area contributed by atoms with Gasteiger partial charge in [0.1, 0.15) is 5.75 Å². The second-order valence-electron chi connectivity index (χ2n) is 7.25. The van der Waals surface area contributed by atoms with E-state index in [1.165, 1.54) is 25.9 Å². The minimum atomic E-state index is 0. The summed E-state index contributed by atoms with van der Waals surface area (Å²) in [5.74, 6) is 0.807. The highest BCUT2D eigenvalue weighted by atomic mass is 35.5. The number of hydrogen-bond donors (Lipinski definition) is 1. The molecule has 5 heterocycles. The van der Waals surface area contributed by atoms with Gasteiger partial charge in [-0.15, -0.1) is 12.4 Å². The lowest BCUT2D eigenvalue weighted by Crippen LogP contribution is -2.49. The number of phenolic OH excluding ortho intramolecular Hbond substituents is 1. The average Bonchev–Trinajstić information content (AvgIpc) is 2.89. The maximum Gasteiger partial charge on any atom is 0.260 e. The van der Waals surface area contributed by atoms with Gasteiger partial charge in [0.25, 0.3) is 5.56 Å². The van der Waals surface area contributed by atoms with Crippen LogP contribution in [0, 0.1) is 5.92 Å². The summed E-state index contributed by atoms with van der Waals surface area (Å²) in [5.41, 5.74) is 1.98. The van der Waals surface area contributed by atoms with E-state index in [2.05, 4.69) is 4.90 Å². The lowest BCUT2D eigenvalue weighted by Gasteiger charge is -2.45. The van der Waals surface area contributed by atoms with E-state index in [1.807, 2.05) is 34.5 Å². The van der Waals surface area contributed by atoms with Crippen LogP contribution in [-0.2, 0) is 7.05 Å². The van der Waals surface area contributed by atoms with Crippen LogP contribution in [0.2, 0.25) is 0 Å². The Morgan fingerprint density at radius 1 is 1.12 bits per heavy atom. The van der Waals surface area contributed by atoms with Crippen molar-refractivity contribution in [1.82, 2.24) is 14.0 Å². The van der Waals surface area contributed by atoms with Crippen LogP contribution in [0.3, 0.4) is 0 Å². The highest BCUT2D eigenvalue weighted by Crippen LogP contribution is 2.36. The molecule has 1 aromatic carbocycles. The molecular formula is C19H22ClN3O2. The Hall–Kier alpha value is -1.98. The van der Waals surface area contributed by atoms with Crippen LogP contribution in [0.25, 0.3) is 21.8 Å².